The van der Waals surface area contributed by atoms with Gasteiger partial charge in [0.1, 0.15) is 0 Å². The molecule has 0 saturated carbocycles. The molecule has 0 aromatic heterocycles. The Balaban J connectivity index is 7.86. The number of carboxylic acid groups (broad SMARTS) is 2. The average Bonchev–Trinajstić information content (AvgIpc) is 2.70. The summed E-state index contributed by atoms with van der Waals surface area (Å²) < 4.78 is 317. The van der Waals surface area contributed by atoms with Crippen molar-refractivity contribution in [3.63, 3.8) is 0 Å². The van der Waals surface area contributed by atoms with Crippen molar-refractivity contribution >= 4 is 11.9 Å². The summed E-state index contributed by atoms with van der Waals surface area (Å²) in [6.45, 7) is 0. The molecule has 0 spiro atoms. The first-order valence-corrected chi connectivity index (χ1v) is 8.64. The maximum Gasteiger partial charge on any atom is 0.460 e. The fourth-order valence-electron chi connectivity index (χ4n) is 2.63. The lowest BCUT2D eigenvalue weighted by molar-refractivity contribution is -0.474. The van der Waals surface area contributed by atoms with Crippen LogP contribution < -0.4 is 0 Å². The van der Waals surface area contributed by atoms with Gasteiger partial charge in [-0.1, -0.05) is 0 Å². The minimum absolute atomic E-state index is 5.23. The van der Waals surface area contributed by atoms with E-state index in [-0.39, 0.29) is 0 Å². The van der Waals surface area contributed by atoms with Gasteiger partial charge in [0.15, 0.2) is 0 Å². The molecule has 0 rings (SSSR count). The molecule has 250 valence electrons. The minimum atomic E-state index is -9.72. The van der Waals surface area contributed by atoms with Gasteiger partial charge in [0.05, 0.1) is 0 Å². The van der Waals surface area contributed by atoms with Crippen molar-refractivity contribution in [2.75, 3.05) is 0 Å². The molecule has 0 atom stereocenters. The van der Waals surface area contributed by atoms with Gasteiger partial charge in [-0.05, 0) is 0 Å². The summed E-state index contributed by atoms with van der Waals surface area (Å²) in [5.74, 6) is -94.4. The molecular formula is C14H2F24O4. The van der Waals surface area contributed by atoms with Gasteiger partial charge >= 0.3 is 83.0 Å². The van der Waals surface area contributed by atoms with Crippen LogP contribution in [0.4, 0.5) is 105 Å². The van der Waals surface area contributed by atoms with Crippen LogP contribution >= 0.6 is 0 Å². The van der Waals surface area contributed by atoms with Crippen LogP contribution in [0.2, 0.25) is 0 Å². The molecule has 2 N–H and O–H groups in total. The van der Waals surface area contributed by atoms with Crippen molar-refractivity contribution in [1.82, 2.24) is 0 Å². The van der Waals surface area contributed by atoms with Crippen LogP contribution in [0.15, 0.2) is 0 Å². The van der Waals surface area contributed by atoms with Crippen molar-refractivity contribution in [2.45, 2.75) is 65.7 Å². The molecule has 0 aliphatic carbocycles. The zero-order valence-corrected chi connectivity index (χ0v) is 17.8. The second kappa shape index (κ2) is 9.38. The molecule has 0 fully saturated rings. The standard InChI is InChI=1S/C14H2F24O4/c15-4(16,3(1(39)40,2(41)42)5(17,18)13(33,34)35)6(19,20)7(21,22)8(23,24)9(25,26)10(27,28)11(29,30)12(31,32)14(36,37)38/h(H,39,40)(H,41,42). The molecule has 0 radical (unpaired) electrons. The number of alkyl halides is 24. The number of halogens is 24. The Bertz CT molecular complexity index is 1050. The van der Waals surface area contributed by atoms with Crippen molar-refractivity contribution < 1.29 is 125 Å². The SMILES string of the molecule is O=C(O)C(C(=O)O)(C(F)(F)C(F)(F)F)C(F)(F)C(F)(F)C(F)(F)C(F)(F)C(F)(F)C(F)(F)C(F)(F)C(F)(F)C(F)(F)F. The van der Waals surface area contributed by atoms with Gasteiger partial charge in [-0.15, -0.1) is 0 Å². The Labute approximate surface area is 209 Å². The third kappa shape index (κ3) is 4.18. The second-order valence-corrected chi connectivity index (χ2v) is 7.53. The fourth-order valence-corrected chi connectivity index (χ4v) is 2.63. The number of carboxylic acids is 2. The lowest BCUT2D eigenvalue weighted by Crippen LogP contribution is -2.79. The molecule has 0 saturated heterocycles. The molecule has 0 unspecified atom stereocenters. The zero-order chi connectivity index (χ0) is 35.2. The van der Waals surface area contributed by atoms with Crippen LogP contribution in [0.25, 0.3) is 0 Å². The maximum absolute atomic E-state index is 14.2. The maximum atomic E-state index is 14.2. The molecule has 0 heterocycles. The summed E-state index contributed by atoms with van der Waals surface area (Å²) in [6, 6.07) is 0. The number of hydrogen-bond donors (Lipinski definition) is 2. The molecule has 28 heteroatoms. The van der Waals surface area contributed by atoms with Gasteiger partial charge in [-0.3, -0.25) is 9.59 Å². The van der Waals surface area contributed by atoms with Gasteiger partial charge in [-0.25, -0.2) is 0 Å². The van der Waals surface area contributed by atoms with Crippen LogP contribution in [0, 0.1) is 5.41 Å². The van der Waals surface area contributed by atoms with Crippen molar-refractivity contribution in [3.8, 4) is 0 Å². The molecular weight excluding hydrogens is 688 g/mol. The van der Waals surface area contributed by atoms with Crippen LogP contribution in [0.3, 0.4) is 0 Å². The lowest BCUT2D eigenvalue weighted by atomic mass is 9.70. The number of rotatable bonds is 11. The van der Waals surface area contributed by atoms with E-state index in [1.807, 2.05) is 0 Å². The summed E-state index contributed by atoms with van der Waals surface area (Å²) in [4.78, 5) is 21.5. The third-order valence-corrected chi connectivity index (χ3v) is 5.06. The first-order valence-electron chi connectivity index (χ1n) is 8.64. The van der Waals surface area contributed by atoms with E-state index in [4.69, 9.17) is 10.2 Å². The highest BCUT2D eigenvalue weighted by atomic mass is 19.4. The largest absolute Gasteiger partial charge is 0.480 e. The highest BCUT2D eigenvalue weighted by molar-refractivity contribution is 6.01. The third-order valence-electron chi connectivity index (χ3n) is 5.06. The van der Waals surface area contributed by atoms with E-state index in [0.717, 1.165) is 0 Å². The molecule has 0 aromatic rings. The molecule has 4 nitrogen and oxygen atoms in total. The first kappa shape index (κ1) is 39.3. The predicted octanol–water partition coefficient (Wildman–Crippen LogP) is 6.98. The summed E-state index contributed by atoms with van der Waals surface area (Å²) in [5.41, 5.74) is -8.27. The van der Waals surface area contributed by atoms with Crippen molar-refractivity contribution in [1.29, 1.82) is 0 Å². The van der Waals surface area contributed by atoms with E-state index < -0.39 is 83.0 Å². The Kier molecular flexibility index (Phi) is 8.77. The average molecular weight is 690 g/mol. The highest BCUT2D eigenvalue weighted by Crippen LogP contribution is 2.68. The van der Waals surface area contributed by atoms with Gasteiger partial charge in [-0.2, -0.15) is 105 Å². The summed E-state index contributed by atoms with van der Waals surface area (Å²) in [5, 5.41) is 16.5. The molecule has 0 aromatic carbocycles. The number of hydrogen-bond acceptors (Lipinski definition) is 2. The summed E-state index contributed by atoms with van der Waals surface area (Å²) in [6.07, 6.45) is -16.5. The van der Waals surface area contributed by atoms with E-state index in [2.05, 4.69) is 0 Å². The van der Waals surface area contributed by atoms with Crippen LogP contribution in [0.1, 0.15) is 0 Å². The van der Waals surface area contributed by atoms with E-state index in [1.54, 1.807) is 0 Å². The van der Waals surface area contributed by atoms with E-state index in [9.17, 15) is 115 Å². The summed E-state index contributed by atoms with van der Waals surface area (Å²) in [7, 11) is 0. The monoisotopic (exact) mass is 690 g/mol. The molecule has 0 amide bonds. The Morgan fingerprint density at radius 2 is 0.452 bits per heavy atom. The van der Waals surface area contributed by atoms with Gasteiger partial charge in [0, 0.05) is 0 Å². The first-order chi connectivity index (χ1) is 17.6. The predicted molar refractivity (Wildman–Crippen MR) is 74.3 cm³/mol. The van der Waals surface area contributed by atoms with Crippen LogP contribution in [-0.2, 0) is 9.59 Å². The molecule has 0 bridgehead atoms. The molecule has 0 aliphatic heterocycles. The zero-order valence-electron chi connectivity index (χ0n) is 17.8. The summed E-state index contributed by atoms with van der Waals surface area (Å²) >= 11 is 0. The number of carbonyl (C=O) groups is 2. The van der Waals surface area contributed by atoms with E-state index in [1.165, 1.54) is 0 Å². The molecule has 0 aliphatic rings. The number of aliphatic carboxylic acids is 2. The van der Waals surface area contributed by atoms with Gasteiger partial charge in [0.25, 0.3) is 0 Å². The molecule has 42 heavy (non-hydrogen) atoms. The normalized spacial score (nSPS) is 16.5. The topological polar surface area (TPSA) is 74.6 Å². The Morgan fingerprint density at radius 3 is 0.619 bits per heavy atom. The Hall–Kier alpha value is -2.74. The van der Waals surface area contributed by atoms with Crippen LogP contribution in [0.5, 0.6) is 0 Å². The van der Waals surface area contributed by atoms with E-state index in [0.29, 0.717) is 0 Å². The van der Waals surface area contributed by atoms with Crippen LogP contribution in [-0.4, -0.2) is 87.8 Å². The van der Waals surface area contributed by atoms with Crippen molar-refractivity contribution in [2.24, 2.45) is 5.41 Å². The van der Waals surface area contributed by atoms with Crippen molar-refractivity contribution in [3.05, 3.63) is 0 Å². The second-order valence-electron chi connectivity index (χ2n) is 7.53. The fraction of sp³-hybridized carbons (Fsp3) is 0.857. The minimum Gasteiger partial charge on any atom is -0.480 e. The Morgan fingerprint density at radius 1 is 0.286 bits per heavy atom. The lowest BCUT2D eigenvalue weighted by Gasteiger charge is -2.46. The van der Waals surface area contributed by atoms with E-state index >= 15 is 0 Å². The quantitative estimate of drug-likeness (QED) is 0.181. The highest BCUT2D eigenvalue weighted by Gasteiger charge is 3.00. The van der Waals surface area contributed by atoms with Gasteiger partial charge in [0.2, 0.25) is 0 Å². The van der Waals surface area contributed by atoms with Gasteiger partial charge < -0.3 is 10.2 Å². The smallest absolute Gasteiger partial charge is 0.460 e.